The van der Waals surface area contributed by atoms with Crippen molar-refractivity contribution in [3.05, 3.63) is 0 Å². The Balaban J connectivity index is -0.0000000200. The topological polar surface area (TPSA) is 9.23 Å². The van der Waals surface area contributed by atoms with E-state index in [1.807, 2.05) is 0 Å². The van der Waals surface area contributed by atoms with E-state index in [1.54, 1.807) is 0 Å². The van der Waals surface area contributed by atoms with Crippen LogP contribution in [0.25, 0.3) is 0 Å². The Labute approximate surface area is 61.6 Å². The van der Waals surface area contributed by atoms with Crippen LogP contribution in [0.5, 0.6) is 0 Å². The van der Waals surface area contributed by atoms with Gasteiger partial charge in [0.25, 0.3) is 0 Å². The van der Waals surface area contributed by atoms with E-state index in [-0.39, 0.29) is 34.1 Å². The van der Waals surface area contributed by atoms with Crippen molar-refractivity contribution in [1.82, 2.24) is 0 Å². The number of halogens is 2. The van der Waals surface area contributed by atoms with Crippen LogP contribution in [0.15, 0.2) is 0 Å². The van der Waals surface area contributed by atoms with Crippen LogP contribution in [0, 0.1) is 0 Å². The van der Waals surface area contributed by atoms with Crippen molar-refractivity contribution in [2.45, 2.75) is 0 Å². The number of rotatable bonds is 0. The number of hydrogen-bond acceptors (Lipinski definition) is 1. The van der Waals surface area contributed by atoms with Crippen LogP contribution in [0.3, 0.4) is 0 Å². The summed E-state index contributed by atoms with van der Waals surface area (Å²) in [5, 5.41) is 0. The Hall–Kier alpha value is 1.58. The summed E-state index contributed by atoms with van der Waals surface area (Å²) in [7, 11) is 0. The average molecular weight is 198 g/mol. The molecule has 0 fully saturated rings. The molecule has 0 saturated carbocycles. The SMILES string of the molecule is ClOCl.[Fe].[Mn]. The normalized spacial score (nSPS) is 3.60. The van der Waals surface area contributed by atoms with Crippen molar-refractivity contribution in [3.8, 4) is 0 Å². The molecule has 0 amide bonds. The zero-order chi connectivity index (χ0) is 2.71. The van der Waals surface area contributed by atoms with Crippen molar-refractivity contribution in [2.24, 2.45) is 0 Å². The summed E-state index contributed by atoms with van der Waals surface area (Å²) in [5.74, 6) is 0. The summed E-state index contributed by atoms with van der Waals surface area (Å²) < 4.78 is 3.19. The van der Waals surface area contributed by atoms with Crippen LogP contribution < -0.4 is 0 Å². The molecular formula is Cl2FeMnO. The van der Waals surface area contributed by atoms with Gasteiger partial charge in [0, 0.05) is 34.1 Å². The van der Waals surface area contributed by atoms with Crippen LogP contribution in [-0.4, -0.2) is 0 Å². The first kappa shape index (κ1) is 16.0. The molecule has 5 heavy (non-hydrogen) atoms. The van der Waals surface area contributed by atoms with Gasteiger partial charge in [0.2, 0.25) is 0 Å². The van der Waals surface area contributed by atoms with Crippen LogP contribution in [-0.2, 0) is 38.0 Å². The number of hydrogen-bond donors (Lipinski definition) is 0. The van der Waals surface area contributed by atoms with Crippen LogP contribution in [0.1, 0.15) is 0 Å². The fourth-order valence-corrected chi connectivity index (χ4v) is 0. The monoisotopic (exact) mass is 197 g/mol. The van der Waals surface area contributed by atoms with Gasteiger partial charge in [0.1, 0.15) is 0 Å². The maximum Gasteiger partial charge on any atom is 0.0832 e. The second kappa shape index (κ2) is 17.6. The van der Waals surface area contributed by atoms with E-state index >= 15 is 0 Å². The second-order valence-electron chi connectivity index (χ2n) is 0.0583. The molecule has 0 unspecified atom stereocenters. The molecule has 1 nitrogen and oxygen atoms in total. The zero-order valence-corrected chi connectivity index (χ0v) is 5.69. The van der Waals surface area contributed by atoms with E-state index in [2.05, 4.69) is 27.6 Å². The van der Waals surface area contributed by atoms with Crippen molar-refractivity contribution in [3.63, 3.8) is 0 Å². The fourth-order valence-electron chi connectivity index (χ4n) is 0. The van der Waals surface area contributed by atoms with E-state index in [4.69, 9.17) is 0 Å². The van der Waals surface area contributed by atoms with E-state index < -0.39 is 0 Å². The van der Waals surface area contributed by atoms with E-state index in [1.165, 1.54) is 0 Å². The molecule has 5 heteroatoms. The Morgan fingerprint density at radius 1 is 1.20 bits per heavy atom. The van der Waals surface area contributed by atoms with E-state index in [9.17, 15) is 0 Å². The summed E-state index contributed by atoms with van der Waals surface area (Å²) in [6.45, 7) is 0. The minimum atomic E-state index is 0. The van der Waals surface area contributed by atoms with Crippen LogP contribution in [0.2, 0.25) is 0 Å². The van der Waals surface area contributed by atoms with Crippen LogP contribution >= 0.6 is 23.7 Å². The minimum Gasteiger partial charge on any atom is -0.166 e. The molecule has 0 spiro atoms. The third-order valence-electron chi connectivity index (χ3n) is 0. The van der Waals surface area contributed by atoms with Crippen molar-refractivity contribution in [2.75, 3.05) is 0 Å². The summed E-state index contributed by atoms with van der Waals surface area (Å²) in [6, 6.07) is 0. The van der Waals surface area contributed by atoms with Crippen molar-refractivity contribution >= 4 is 23.7 Å². The first-order valence-electron chi connectivity index (χ1n) is 0.309. The molecule has 0 rings (SSSR count). The summed E-state index contributed by atoms with van der Waals surface area (Å²) in [6.07, 6.45) is 0. The predicted octanol–water partition coefficient (Wildman–Crippen LogP) is 1.31. The molecule has 0 aromatic heterocycles. The van der Waals surface area contributed by atoms with Crippen molar-refractivity contribution in [1.29, 1.82) is 0 Å². The standard InChI is InChI=1S/Cl2O.Fe.Mn/c1-3-2;;. The smallest absolute Gasteiger partial charge is 0.0832 e. The molecule has 0 N–H and O–H groups in total. The van der Waals surface area contributed by atoms with Gasteiger partial charge in [0.05, 0.1) is 23.7 Å². The molecule has 0 atom stereocenters. The van der Waals surface area contributed by atoms with Gasteiger partial charge in [-0.1, -0.05) is 0 Å². The Kier molecular flexibility index (Phi) is 56.2. The Morgan fingerprint density at radius 3 is 1.20 bits per heavy atom. The maximum absolute atomic E-state index is 4.26. The third kappa shape index (κ3) is 28.7. The first-order chi connectivity index (χ1) is 1.41. The zero-order valence-electron chi connectivity index (χ0n) is 1.90. The van der Waals surface area contributed by atoms with E-state index in [0.717, 1.165) is 0 Å². The third-order valence-corrected chi connectivity index (χ3v) is 0. The van der Waals surface area contributed by atoms with Crippen LogP contribution in [0.4, 0.5) is 0 Å². The van der Waals surface area contributed by atoms with Crippen molar-refractivity contribution < 1.29 is 38.0 Å². The van der Waals surface area contributed by atoms with Gasteiger partial charge in [-0.25, -0.2) is 0 Å². The van der Waals surface area contributed by atoms with Gasteiger partial charge in [-0.15, -0.1) is 0 Å². The molecule has 35 valence electrons. The molecule has 0 aromatic rings. The molecule has 0 bridgehead atoms. The molecule has 0 aliphatic heterocycles. The maximum atomic E-state index is 4.26. The minimum absolute atomic E-state index is 0. The largest absolute Gasteiger partial charge is 0.166 e. The van der Waals surface area contributed by atoms with Gasteiger partial charge >= 0.3 is 0 Å². The summed E-state index contributed by atoms with van der Waals surface area (Å²) in [4.78, 5) is 0. The van der Waals surface area contributed by atoms with Gasteiger partial charge in [-0.3, -0.25) is 0 Å². The van der Waals surface area contributed by atoms with Gasteiger partial charge in [0.15, 0.2) is 0 Å². The fraction of sp³-hybridized carbons (Fsp3) is 0. The molecular weight excluding hydrogens is 198 g/mol. The quantitative estimate of drug-likeness (QED) is 0.532. The Bertz CT molecular complexity index is 9.61. The summed E-state index contributed by atoms with van der Waals surface area (Å²) >= 11 is 8.53. The van der Waals surface area contributed by atoms with Gasteiger partial charge < -0.3 is 0 Å². The van der Waals surface area contributed by atoms with Gasteiger partial charge in [-0.2, -0.15) is 3.84 Å². The van der Waals surface area contributed by atoms with Gasteiger partial charge in [-0.05, 0) is 0 Å². The van der Waals surface area contributed by atoms with E-state index in [0.29, 0.717) is 0 Å². The predicted molar refractivity (Wildman–Crippen MR) is 12.8 cm³/mol. The molecule has 0 aliphatic carbocycles. The molecule has 0 heterocycles. The first-order valence-corrected chi connectivity index (χ1v) is 0.926. The second-order valence-corrected chi connectivity index (χ2v) is 0.525. The average Bonchev–Trinajstić information content (AvgIpc) is 0.918. The Morgan fingerprint density at radius 2 is 1.20 bits per heavy atom. The summed E-state index contributed by atoms with van der Waals surface area (Å²) in [5.41, 5.74) is 0. The molecule has 1 radical (unpaired) electrons. The molecule has 0 saturated heterocycles. The molecule has 0 aromatic carbocycles. The molecule has 0 aliphatic rings.